The summed E-state index contributed by atoms with van der Waals surface area (Å²) in [5, 5.41) is 12.8. The number of rotatable bonds is 3. The summed E-state index contributed by atoms with van der Waals surface area (Å²) in [7, 11) is 1.56. The minimum absolute atomic E-state index is 0.127. The van der Waals surface area contributed by atoms with Crippen molar-refractivity contribution in [2.45, 2.75) is 44.8 Å². The van der Waals surface area contributed by atoms with Gasteiger partial charge < -0.3 is 15.2 Å². The number of methoxy groups -OCH3 is 1. The zero-order valence-corrected chi connectivity index (χ0v) is 11.5. The minimum atomic E-state index is -0.422. The first-order valence-corrected chi connectivity index (χ1v) is 7.07. The summed E-state index contributed by atoms with van der Waals surface area (Å²) in [6, 6.07) is 1.73. The molecule has 0 spiro atoms. The molecule has 1 aliphatic carbocycles. The lowest BCUT2D eigenvalue weighted by Crippen LogP contribution is -2.44. The Bertz CT molecular complexity index is 430. The maximum Gasteiger partial charge on any atom is 0.265 e. The lowest BCUT2D eigenvalue weighted by atomic mass is 9.92. The smallest absolute Gasteiger partial charge is 0.265 e. The van der Waals surface area contributed by atoms with Gasteiger partial charge in [-0.3, -0.25) is 4.79 Å². The van der Waals surface area contributed by atoms with E-state index in [1.807, 2.05) is 13.0 Å². The molecule has 18 heavy (non-hydrogen) atoms. The van der Waals surface area contributed by atoms with Crippen molar-refractivity contribution in [3.05, 3.63) is 15.8 Å². The first-order chi connectivity index (χ1) is 8.61. The number of aliphatic hydroxyl groups is 1. The van der Waals surface area contributed by atoms with Crippen molar-refractivity contribution in [2.75, 3.05) is 7.11 Å². The number of aryl methyl sites for hydroxylation is 1. The van der Waals surface area contributed by atoms with Gasteiger partial charge in [-0.1, -0.05) is 12.8 Å². The Hall–Kier alpha value is -1.07. The number of ether oxygens (including phenoxy) is 1. The van der Waals surface area contributed by atoms with Crippen molar-refractivity contribution < 1.29 is 14.6 Å². The average molecular weight is 269 g/mol. The fraction of sp³-hybridized carbons (Fsp3) is 0.615. The molecule has 2 rings (SSSR count). The molecule has 0 aliphatic heterocycles. The van der Waals surface area contributed by atoms with Gasteiger partial charge in [-0.25, -0.2) is 0 Å². The van der Waals surface area contributed by atoms with Crippen LogP contribution in [-0.2, 0) is 0 Å². The van der Waals surface area contributed by atoms with Crippen LogP contribution in [0.3, 0.4) is 0 Å². The number of aliphatic hydroxyl groups excluding tert-OH is 1. The van der Waals surface area contributed by atoms with E-state index in [2.05, 4.69) is 5.32 Å². The van der Waals surface area contributed by atoms with Crippen molar-refractivity contribution in [3.8, 4) is 5.75 Å². The SMILES string of the molecule is COc1cc(C)sc1C(=O)NC1CCCCC1O. The van der Waals surface area contributed by atoms with Gasteiger partial charge in [0.1, 0.15) is 10.6 Å². The second-order valence-corrected chi connectivity index (χ2v) is 5.94. The van der Waals surface area contributed by atoms with Crippen molar-refractivity contribution in [2.24, 2.45) is 0 Å². The Balaban J connectivity index is 2.06. The van der Waals surface area contributed by atoms with E-state index in [0.29, 0.717) is 10.6 Å². The van der Waals surface area contributed by atoms with Crippen molar-refractivity contribution >= 4 is 17.2 Å². The Kier molecular flexibility index (Phi) is 4.24. The number of thiophene rings is 1. The lowest BCUT2D eigenvalue weighted by Gasteiger charge is -2.28. The normalized spacial score (nSPS) is 23.7. The second kappa shape index (κ2) is 5.71. The Morgan fingerprint density at radius 1 is 1.50 bits per heavy atom. The van der Waals surface area contributed by atoms with Gasteiger partial charge >= 0.3 is 0 Å². The standard InChI is InChI=1S/C13H19NO3S/c1-8-7-11(17-2)12(18-8)13(16)14-9-5-3-4-6-10(9)15/h7,9-10,15H,3-6H2,1-2H3,(H,14,16). The molecule has 1 saturated carbocycles. The molecule has 1 aromatic rings. The number of carbonyl (C=O) groups excluding carboxylic acids is 1. The summed E-state index contributed by atoms with van der Waals surface area (Å²) in [5.74, 6) is 0.469. The third-order valence-corrected chi connectivity index (χ3v) is 4.32. The molecular weight excluding hydrogens is 250 g/mol. The molecule has 5 heteroatoms. The molecule has 0 radical (unpaired) electrons. The van der Waals surface area contributed by atoms with Crippen molar-refractivity contribution in [1.29, 1.82) is 0 Å². The summed E-state index contributed by atoms with van der Waals surface area (Å²) in [4.78, 5) is 13.8. The quantitative estimate of drug-likeness (QED) is 0.883. The molecule has 2 unspecified atom stereocenters. The predicted octanol–water partition coefficient (Wildman–Crippen LogP) is 2.10. The molecule has 1 aliphatic rings. The van der Waals surface area contributed by atoms with Gasteiger partial charge in [-0.15, -0.1) is 11.3 Å². The van der Waals surface area contributed by atoms with Crippen LogP contribution in [0, 0.1) is 6.92 Å². The number of carbonyl (C=O) groups is 1. The highest BCUT2D eigenvalue weighted by Gasteiger charge is 2.26. The van der Waals surface area contributed by atoms with Crippen LogP contribution in [0.15, 0.2) is 6.07 Å². The topological polar surface area (TPSA) is 58.6 Å². The van der Waals surface area contributed by atoms with E-state index in [1.165, 1.54) is 11.3 Å². The number of hydrogen-bond donors (Lipinski definition) is 2. The van der Waals surface area contributed by atoms with E-state index >= 15 is 0 Å². The fourth-order valence-electron chi connectivity index (χ4n) is 2.31. The third kappa shape index (κ3) is 2.84. The van der Waals surface area contributed by atoms with Crippen LogP contribution in [0.2, 0.25) is 0 Å². The molecule has 100 valence electrons. The molecule has 1 fully saturated rings. The highest BCUT2D eigenvalue weighted by Crippen LogP contribution is 2.29. The average Bonchev–Trinajstić information content (AvgIpc) is 2.73. The van der Waals surface area contributed by atoms with E-state index < -0.39 is 6.10 Å². The van der Waals surface area contributed by atoms with Crippen LogP contribution in [0.4, 0.5) is 0 Å². The van der Waals surface area contributed by atoms with Crippen LogP contribution >= 0.6 is 11.3 Å². The molecule has 1 amide bonds. The van der Waals surface area contributed by atoms with Crippen LogP contribution in [0.1, 0.15) is 40.2 Å². The largest absolute Gasteiger partial charge is 0.495 e. The van der Waals surface area contributed by atoms with E-state index in [0.717, 1.165) is 30.6 Å². The number of nitrogens with one attached hydrogen (secondary N) is 1. The van der Waals surface area contributed by atoms with Gasteiger partial charge in [0.15, 0.2) is 0 Å². The highest BCUT2D eigenvalue weighted by molar-refractivity contribution is 7.14. The van der Waals surface area contributed by atoms with E-state index in [-0.39, 0.29) is 11.9 Å². The van der Waals surface area contributed by atoms with E-state index in [1.54, 1.807) is 7.11 Å². The number of hydrogen-bond acceptors (Lipinski definition) is 4. The van der Waals surface area contributed by atoms with Gasteiger partial charge in [-0.2, -0.15) is 0 Å². The molecule has 2 N–H and O–H groups in total. The monoisotopic (exact) mass is 269 g/mol. The minimum Gasteiger partial charge on any atom is -0.495 e. The molecule has 0 bridgehead atoms. The molecule has 0 aromatic carbocycles. The van der Waals surface area contributed by atoms with E-state index in [9.17, 15) is 9.90 Å². The van der Waals surface area contributed by atoms with Crippen molar-refractivity contribution in [1.82, 2.24) is 5.32 Å². The molecule has 0 saturated heterocycles. The van der Waals surface area contributed by atoms with Gasteiger partial charge in [0.25, 0.3) is 5.91 Å². The van der Waals surface area contributed by atoms with Crippen LogP contribution in [0.5, 0.6) is 5.75 Å². The molecule has 2 atom stereocenters. The number of amides is 1. The van der Waals surface area contributed by atoms with Gasteiger partial charge in [0.2, 0.25) is 0 Å². The summed E-state index contributed by atoms with van der Waals surface area (Å²) in [6.07, 6.45) is 3.29. The summed E-state index contributed by atoms with van der Waals surface area (Å²) >= 11 is 1.42. The summed E-state index contributed by atoms with van der Waals surface area (Å²) in [5.41, 5.74) is 0. The lowest BCUT2D eigenvalue weighted by molar-refractivity contribution is 0.0718. The second-order valence-electron chi connectivity index (χ2n) is 4.69. The molecular formula is C13H19NO3S. The van der Waals surface area contributed by atoms with Gasteiger partial charge in [-0.05, 0) is 25.8 Å². The van der Waals surface area contributed by atoms with Crippen LogP contribution in [-0.4, -0.2) is 30.3 Å². The molecule has 1 aromatic heterocycles. The van der Waals surface area contributed by atoms with Gasteiger partial charge in [0.05, 0.1) is 19.3 Å². The molecule has 1 heterocycles. The summed E-state index contributed by atoms with van der Waals surface area (Å²) < 4.78 is 5.19. The molecule has 4 nitrogen and oxygen atoms in total. The first-order valence-electron chi connectivity index (χ1n) is 6.25. The van der Waals surface area contributed by atoms with Crippen LogP contribution in [0.25, 0.3) is 0 Å². The zero-order valence-electron chi connectivity index (χ0n) is 10.7. The highest BCUT2D eigenvalue weighted by atomic mass is 32.1. The fourth-order valence-corrected chi connectivity index (χ4v) is 3.20. The van der Waals surface area contributed by atoms with Crippen LogP contribution < -0.4 is 10.1 Å². The Labute approximate surface area is 111 Å². The first kappa shape index (κ1) is 13.4. The maximum atomic E-state index is 12.2. The van der Waals surface area contributed by atoms with Gasteiger partial charge in [0, 0.05) is 4.88 Å². The Morgan fingerprint density at radius 2 is 2.22 bits per heavy atom. The maximum absolute atomic E-state index is 12.2. The van der Waals surface area contributed by atoms with E-state index in [4.69, 9.17) is 4.74 Å². The van der Waals surface area contributed by atoms with Crippen molar-refractivity contribution in [3.63, 3.8) is 0 Å². The zero-order chi connectivity index (χ0) is 13.1. The Morgan fingerprint density at radius 3 is 2.89 bits per heavy atom. The predicted molar refractivity (Wildman–Crippen MR) is 71.3 cm³/mol. The summed E-state index contributed by atoms with van der Waals surface area (Å²) in [6.45, 7) is 1.94. The third-order valence-electron chi connectivity index (χ3n) is 3.29.